The van der Waals surface area contributed by atoms with Crippen LogP contribution in [0.25, 0.3) is 39.3 Å². The summed E-state index contributed by atoms with van der Waals surface area (Å²) in [6.45, 7) is 0. The number of hydrogen-bond donors (Lipinski definition) is 0. The number of imidazole rings is 1. The normalized spacial score (nSPS) is 11.1. The van der Waals surface area contributed by atoms with E-state index in [1.54, 1.807) is 36.3 Å². The Morgan fingerprint density at radius 2 is 1.40 bits per heavy atom. The molecular weight excluding hydrogens is 393 g/mol. The highest BCUT2D eigenvalue weighted by Gasteiger charge is 2.16. The van der Waals surface area contributed by atoms with E-state index in [-0.39, 0.29) is 5.82 Å². The monoisotopic (exact) mass is 411 g/mol. The number of fused-ring (bicyclic) bond motifs is 1. The Balaban J connectivity index is 1.73. The lowest BCUT2D eigenvalue weighted by atomic mass is 10.1. The molecule has 0 saturated carbocycles. The van der Waals surface area contributed by atoms with Gasteiger partial charge in [-0.3, -0.25) is 9.38 Å². The lowest BCUT2D eigenvalue weighted by molar-refractivity contribution is 0.628. The SMILES string of the molecule is CSc1ccc(-c2ccc3nc(-c4ccc(F)cc4)c(-c4ccncc4)n3c2)cc1. The number of nitrogens with zero attached hydrogens (tertiary/aromatic N) is 3. The first-order valence-electron chi connectivity index (χ1n) is 9.56. The summed E-state index contributed by atoms with van der Waals surface area (Å²) in [4.78, 5) is 10.3. The van der Waals surface area contributed by atoms with Gasteiger partial charge in [0.15, 0.2) is 0 Å². The van der Waals surface area contributed by atoms with Crippen LogP contribution in [-0.4, -0.2) is 20.6 Å². The molecule has 0 atom stereocenters. The van der Waals surface area contributed by atoms with E-state index in [0.717, 1.165) is 39.3 Å². The van der Waals surface area contributed by atoms with Gasteiger partial charge in [0.2, 0.25) is 0 Å². The van der Waals surface area contributed by atoms with E-state index >= 15 is 0 Å². The molecule has 146 valence electrons. The van der Waals surface area contributed by atoms with Crippen molar-refractivity contribution in [3.8, 4) is 33.6 Å². The van der Waals surface area contributed by atoms with Gasteiger partial charge in [-0.25, -0.2) is 9.37 Å². The van der Waals surface area contributed by atoms with Gasteiger partial charge in [-0.1, -0.05) is 12.1 Å². The molecule has 5 heteroatoms. The highest BCUT2D eigenvalue weighted by molar-refractivity contribution is 7.98. The topological polar surface area (TPSA) is 30.2 Å². The van der Waals surface area contributed by atoms with Crippen LogP contribution in [0.4, 0.5) is 4.39 Å². The van der Waals surface area contributed by atoms with Crippen molar-refractivity contribution >= 4 is 17.4 Å². The molecule has 5 aromatic rings. The molecule has 0 amide bonds. The van der Waals surface area contributed by atoms with Crippen molar-refractivity contribution < 1.29 is 4.39 Å². The molecule has 30 heavy (non-hydrogen) atoms. The van der Waals surface area contributed by atoms with E-state index in [2.05, 4.69) is 52.2 Å². The number of benzene rings is 2. The van der Waals surface area contributed by atoms with E-state index in [1.165, 1.54) is 17.0 Å². The standard InChI is InChI=1S/C25H18FN3S/c1-30-22-9-4-17(5-10-22)20-6-11-23-28-24(18-2-7-21(26)8-3-18)25(29(23)16-20)19-12-14-27-15-13-19/h2-16H,1H3. The lowest BCUT2D eigenvalue weighted by Crippen LogP contribution is -1.91. The molecule has 3 nitrogen and oxygen atoms in total. The molecule has 0 spiro atoms. The third-order valence-electron chi connectivity index (χ3n) is 5.11. The van der Waals surface area contributed by atoms with Crippen molar-refractivity contribution in [3.63, 3.8) is 0 Å². The summed E-state index contributed by atoms with van der Waals surface area (Å²) in [5.41, 5.74) is 6.74. The fraction of sp³-hybridized carbons (Fsp3) is 0.0400. The molecule has 0 bridgehead atoms. The van der Waals surface area contributed by atoms with E-state index in [1.807, 2.05) is 18.2 Å². The van der Waals surface area contributed by atoms with Crippen LogP contribution in [0.2, 0.25) is 0 Å². The minimum absolute atomic E-state index is 0.260. The first-order valence-corrected chi connectivity index (χ1v) is 10.8. The van der Waals surface area contributed by atoms with Crippen LogP contribution < -0.4 is 0 Å². The molecule has 0 radical (unpaired) electrons. The predicted molar refractivity (Wildman–Crippen MR) is 121 cm³/mol. The van der Waals surface area contributed by atoms with Gasteiger partial charge in [-0.05, 0) is 78.0 Å². The fourth-order valence-corrected chi connectivity index (χ4v) is 4.00. The molecule has 5 rings (SSSR count). The maximum Gasteiger partial charge on any atom is 0.137 e. The molecule has 3 heterocycles. The molecule has 2 aromatic carbocycles. The van der Waals surface area contributed by atoms with Gasteiger partial charge in [0.25, 0.3) is 0 Å². The van der Waals surface area contributed by atoms with Crippen molar-refractivity contribution in [1.82, 2.24) is 14.4 Å². The zero-order chi connectivity index (χ0) is 20.5. The quantitative estimate of drug-likeness (QED) is 0.313. The van der Waals surface area contributed by atoms with E-state index in [4.69, 9.17) is 4.98 Å². The minimum atomic E-state index is -0.260. The summed E-state index contributed by atoms with van der Waals surface area (Å²) >= 11 is 1.73. The zero-order valence-electron chi connectivity index (χ0n) is 16.3. The smallest absolute Gasteiger partial charge is 0.137 e. The molecule has 0 N–H and O–H groups in total. The second-order valence-electron chi connectivity index (χ2n) is 6.93. The fourth-order valence-electron chi connectivity index (χ4n) is 3.59. The second kappa shape index (κ2) is 7.76. The summed E-state index contributed by atoms with van der Waals surface area (Å²) in [6.07, 6.45) is 7.73. The second-order valence-corrected chi connectivity index (χ2v) is 7.81. The average molecular weight is 412 g/mol. The predicted octanol–water partition coefficient (Wildman–Crippen LogP) is 6.59. The highest BCUT2D eigenvalue weighted by atomic mass is 32.2. The largest absolute Gasteiger partial charge is 0.298 e. The van der Waals surface area contributed by atoms with Crippen molar-refractivity contribution in [2.24, 2.45) is 0 Å². The van der Waals surface area contributed by atoms with Crippen LogP contribution in [0.3, 0.4) is 0 Å². The third kappa shape index (κ3) is 3.37. The summed E-state index contributed by atoms with van der Waals surface area (Å²) in [5.74, 6) is -0.260. The van der Waals surface area contributed by atoms with Gasteiger partial charge in [0, 0.05) is 34.6 Å². The Labute approximate surface area is 178 Å². The first kappa shape index (κ1) is 18.6. The van der Waals surface area contributed by atoms with Crippen molar-refractivity contribution in [3.05, 3.63) is 97.2 Å². The number of halogens is 1. The Kier molecular flexibility index (Phi) is 4.81. The summed E-state index contributed by atoms with van der Waals surface area (Å²) in [7, 11) is 0. The Morgan fingerprint density at radius 1 is 0.733 bits per heavy atom. The molecule has 0 unspecified atom stereocenters. The minimum Gasteiger partial charge on any atom is -0.298 e. The number of pyridine rings is 2. The van der Waals surface area contributed by atoms with Crippen molar-refractivity contribution in [2.75, 3.05) is 6.26 Å². The van der Waals surface area contributed by atoms with Crippen LogP contribution in [0.15, 0.2) is 96.3 Å². The number of aromatic nitrogens is 3. The Morgan fingerprint density at radius 3 is 2.10 bits per heavy atom. The lowest BCUT2D eigenvalue weighted by Gasteiger charge is -2.08. The maximum atomic E-state index is 13.5. The third-order valence-corrected chi connectivity index (χ3v) is 5.86. The zero-order valence-corrected chi connectivity index (χ0v) is 17.1. The van der Waals surface area contributed by atoms with Crippen molar-refractivity contribution in [1.29, 1.82) is 0 Å². The molecule has 0 aliphatic carbocycles. The molecule has 0 saturated heterocycles. The molecule has 3 aromatic heterocycles. The Hall–Kier alpha value is -3.44. The van der Waals surface area contributed by atoms with Crippen LogP contribution in [0.5, 0.6) is 0 Å². The first-order chi connectivity index (χ1) is 14.7. The van der Waals surface area contributed by atoms with Crippen LogP contribution in [0.1, 0.15) is 0 Å². The van der Waals surface area contributed by atoms with E-state index in [9.17, 15) is 4.39 Å². The van der Waals surface area contributed by atoms with Gasteiger partial charge in [0.1, 0.15) is 11.5 Å². The molecule has 0 aliphatic rings. The van der Waals surface area contributed by atoms with Crippen LogP contribution in [0, 0.1) is 5.82 Å². The van der Waals surface area contributed by atoms with Gasteiger partial charge in [-0.2, -0.15) is 0 Å². The molecule has 0 fully saturated rings. The molecule has 0 aliphatic heterocycles. The maximum absolute atomic E-state index is 13.5. The Bertz CT molecular complexity index is 1310. The van der Waals surface area contributed by atoms with Crippen LogP contribution in [-0.2, 0) is 0 Å². The van der Waals surface area contributed by atoms with Crippen molar-refractivity contribution in [2.45, 2.75) is 4.90 Å². The average Bonchev–Trinajstić information content (AvgIpc) is 3.19. The number of thioether (sulfide) groups is 1. The van der Waals surface area contributed by atoms with E-state index in [0.29, 0.717) is 0 Å². The van der Waals surface area contributed by atoms with Gasteiger partial charge in [-0.15, -0.1) is 11.8 Å². The highest BCUT2D eigenvalue weighted by Crippen LogP contribution is 2.34. The van der Waals surface area contributed by atoms with E-state index < -0.39 is 0 Å². The van der Waals surface area contributed by atoms with Gasteiger partial charge in [0.05, 0.1) is 11.4 Å². The summed E-state index contributed by atoms with van der Waals surface area (Å²) < 4.78 is 15.6. The van der Waals surface area contributed by atoms with Gasteiger partial charge >= 0.3 is 0 Å². The summed E-state index contributed by atoms with van der Waals surface area (Å²) in [6, 6.07) is 23.0. The summed E-state index contributed by atoms with van der Waals surface area (Å²) in [5, 5.41) is 0. The molecular formula is C25H18FN3S. The van der Waals surface area contributed by atoms with Crippen LogP contribution >= 0.6 is 11.8 Å². The van der Waals surface area contributed by atoms with Gasteiger partial charge < -0.3 is 0 Å². The number of rotatable bonds is 4. The number of hydrogen-bond acceptors (Lipinski definition) is 3.